The Balaban J connectivity index is 0.932. The molecule has 0 aliphatic carbocycles. The molecule has 12 aromatic rings. The van der Waals surface area contributed by atoms with Crippen LogP contribution in [0.4, 0.5) is 17.1 Å². The van der Waals surface area contributed by atoms with E-state index in [1.54, 1.807) is 0 Å². The standard InChI is InChI=1S/C62H42N2/c1-4-17-43(18-5-1)46-19-16-20-48(41-46)62-56-28-12-10-26-54(56)61(55-27-11-13-29-57(55)62)45-33-38-52(39-34-45)64-59-30-15-14-25-53(59)58-42-47(35-40-60(58)64)44-31-36-51(37-32-44)63(49-21-6-2-7-22-49)50-23-8-3-9-24-50/h1-42H. The summed E-state index contributed by atoms with van der Waals surface area (Å²) in [4.78, 5) is 2.30. The second kappa shape index (κ2) is 15.8. The Labute approximate surface area is 373 Å². The summed E-state index contributed by atoms with van der Waals surface area (Å²) in [6.07, 6.45) is 0. The van der Waals surface area contributed by atoms with Crippen LogP contribution in [0.25, 0.3) is 93.5 Å². The molecule has 0 spiro atoms. The molecular weight excluding hydrogens is 773 g/mol. The topological polar surface area (TPSA) is 8.17 Å². The molecule has 11 aromatic carbocycles. The lowest BCUT2D eigenvalue weighted by molar-refractivity contribution is 1.18. The molecule has 0 aliphatic rings. The summed E-state index contributed by atoms with van der Waals surface area (Å²) in [5.41, 5.74) is 16.7. The lowest BCUT2D eigenvalue weighted by Gasteiger charge is -2.25. The number of rotatable bonds is 8. The predicted octanol–water partition coefficient (Wildman–Crippen LogP) is 17.2. The van der Waals surface area contributed by atoms with Gasteiger partial charge in [-0.25, -0.2) is 0 Å². The van der Waals surface area contributed by atoms with E-state index in [0.29, 0.717) is 0 Å². The zero-order valence-corrected chi connectivity index (χ0v) is 35.1. The van der Waals surface area contributed by atoms with Crippen molar-refractivity contribution in [2.24, 2.45) is 0 Å². The summed E-state index contributed by atoms with van der Waals surface area (Å²) in [5, 5.41) is 7.48. The van der Waals surface area contributed by atoms with Crippen LogP contribution in [-0.4, -0.2) is 4.57 Å². The molecule has 64 heavy (non-hydrogen) atoms. The predicted molar refractivity (Wildman–Crippen MR) is 272 cm³/mol. The second-order valence-electron chi connectivity index (χ2n) is 16.5. The summed E-state index contributed by atoms with van der Waals surface area (Å²) < 4.78 is 2.41. The second-order valence-corrected chi connectivity index (χ2v) is 16.5. The van der Waals surface area contributed by atoms with Gasteiger partial charge in [-0.15, -0.1) is 0 Å². The van der Waals surface area contributed by atoms with Crippen LogP contribution in [0, 0.1) is 0 Å². The van der Waals surface area contributed by atoms with E-state index < -0.39 is 0 Å². The van der Waals surface area contributed by atoms with Gasteiger partial charge in [-0.3, -0.25) is 0 Å². The quantitative estimate of drug-likeness (QED) is 0.139. The van der Waals surface area contributed by atoms with Crippen LogP contribution in [0.15, 0.2) is 255 Å². The molecule has 0 amide bonds. The van der Waals surface area contributed by atoms with Crippen molar-refractivity contribution in [1.29, 1.82) is 0 Å². The lowest BCUT2D eigenvalue weighted by atomic mass is 9.85. The molecule has 0 N–H and O–H groups in total. The number of para-hydroxylation sites is 3. The van der Waals surface area contributed by atoms with Crippen LogP contribution in [0.3, 0.4) is 0 Å². The van der Waals surface area contributed by atoms with Crippen molar-refractivity contribution in [1.82, 2.24) is 4.57 Å². The van der Waals surface area contributed by atoms with Gasteiger partial charge in [-0.05, 0) is 139 Å². The smallest absolute Gasteiger partial charge is 0.0541 e. The molecule has 0 bridgehead atoms. The molecule has 0 saturated carbocycles. The minimum atomic E-state index is 1.12. The first-order valence-corrected chi connectivity index (χ1v) is 22.0. The molecule has 0 aliphatic heterocycles. The molecule has 0 saturated heterocycles. The number of hydrogen-bond acceptors (Lipinski definition) is 1. The number of hydrogen-bond donors (Lipinski definition) is 0. The molecule has 0 radical (unpaired) electrons. The van der Waals surface area contributed by atoms with E-state index in [-0.39, 0.29) is 0 Å². The van der Waals surface area contributed by atoms with E-state index in [2.05, 4.69) is 264 Å². The van der Waals surface area contributed by atoms with Crippen LogP contribution in [0.5, 0.6) is 0 Å². The zero-order chi connectivity index (χ0) is 42.4. The monoisotopic (exact) mass is 814 g/mol. The highest BCUT2D eigenvalue weighted by Crippen LogP contribution is 2.45. The minimum absolute atomic E-state index is 1.12. The van der Waals surface area contributed by atoms with Crippen molar-refractivity contribution in [2.75, 3.05) is 4.90 Å². The van der Waals surface area contributed by atoms with Crippen molar-refractivity contribution >= 4 is 60.4 Å². The van der Waals surface area contributed by atoms with Gasteiger partial charge in [0.15, 0.2) is 0 Å². The fraction of sp³-hybridized carbons (Fsp3) is 0. The summed E-state index contributed by atoms with van der Waals surface area (Å²) in [7, 11) is 0. The van der Waals surface area contributed by atoms with E-state index in [4.69, 9.17) is 0 Å². The SMILES string of the molecule is c1ccc(-c2cccc(-c3c4ccccc4c(-c4ccc(-n5c6ccccc6c6cc(-c7ccc(N(c8ccccc8)c8ccccc8)cc7)ccc65)cc4)c4ccccc34)c2)cc1. The highest BCUT2D eigenvalue weighted by molar-refractivity contribution is 6.21. The van der Waals surface area contributed by atoms with Crippen molar-refractivity contribution in [3.8, 4) is 50.2 Å². The third-order valence-electron chi connectivity index (χ3n) is 12.8. The van der Waals surface area contributed by atoms with Crippen LogP contribution in [0.2, 0.25) is 0 Å². The summed E-state index contributed by atoms with van der Waals surface area (Å²) >= 11 is 0. The molecule has 0 fully saturated rings. The average Bonchev–Trinajstić information content (AvgIpc) is 3.70. The first-order chi connectivity index (χ1) is 31.8. The first-order valence-electron chi connectivity index (χ1n) is 22.0. The molecule has 0 unspecified atom stereocenters. The number of benzene rings is 11. The Morgan fingerprint density at radius 1 is 0.234 bits per heavy atom. The fourth-order valence-corrected chi connectivity index (χ4v) is 9.85. The number of fused-ring (bicyclic) bond motifs is 5. The van der Waals surface area contributed by atoms with E-state index in [9.17, 15) is 0 Å². The molecule has 300 valence electrons. The van der Waals surface area contributed by atoms with Gasteiger partial charge >= 0.3 is 0 Å². The largest absolute Gasteiger partial charge is 0.311 e. The Bertz CT molecular complexity index is 3530. The maximum absolute atomic E-state index is 2.41. The van der Waals surface area contributed by atoms with Crippen molar-refractivity contribution < 1.29 is 0 Å². The molecule has 12 rings (SSSR count). The van der Waals surface area contributed by atoms with Gasteiger partial charge in [0.1, 0.15) is 0 Å². The molecule has 1 aromatic heterocycles. The molecule has 2 nitrogen and oxygen atoms in total. The average molecular weight is 815 g/mol. The van der Waals surface area contributed by atoms with Gasteiger partial charge in [-0.1, -0.05) is 182 Å². The van der Waals surface area contributed by atoms with Crippen LogP contribution < -0.4 is 4.90 Å². The third kappa shape index (κ3) is 6.44. The zero-order valence-electron chi connectivity index (χ0n) is 35.1. The van der Waals surface area contributed by atoms with E-state index in [0.717, 1.165) is 22.7 Å². The summed E-state index contributed by atoms with van der Waals surface area (Å²) in [6.45, 7) is 0. The Hall–Kier alpha value is -8.46. The minimum Gasteiger partial charge on any atom is -0.311 e. The highest BCUT2D eigenvalue weighted by Gasteiger charge is 2.19. The van der Waals surface area contributed by atoms with Crippen molar-refractivity contribution in [2.45, 2.75) is 0 Å². The van der Waals surface area contributed by atoms with Gasteiger partial charge in [0.25, 0.3) is 0 Å². The Morgan fingerprint density at radius 3 is 1.25 bits per heavy atom. The van der Waals surface area contributed by atoms with E-state index in [1.807, 2.05) is 0 Å². The number of aromatic nitrogens is 1. The van der Waals surface area contributed by atoms with Crippen LogP contribution in [-0.2, 0) is 0 Å². The van der Waals surface area contributed by atoms with Gasteiger partial charge in [0.05, 0.1) is 11.0 Å². The van der Waals surface area contributed by atoms with Crippen molar-refractivity contribution in [3.05, 3.63) is 255 Å². The molecule has 2 heteroatoms. The maximum Gasteiger partial charge on any atom is 0.0541 e. The first kappa shape index (κ1) is 37.3. The molecular formula is C62H42N2. The Kier molecular flexibility index (Phi) is 9.20. The van der Waals surface area contributed by atoms with Crippen LogP contribution >= 0.6 is 0 Å². The van der Waals surface area contributed by atoms with Crippen molar-refractivity contribution in [3.63, 3.8) is 0 Å². The summed E-state index contributed by atoms with van der Waals surface area (Å²) in [5.74, 6) is 0. The summed E-state index contributed by atoms with van der Waals surface area (Å²) in [6, 6.07) is 92.5. The fourth-order valence-electron chi connectivity index (χ4n) is 9.85. The van der Waals surface area contributed by atoms with Gasteiger partial charge < -0.3 is 9.47 Å². The normalized spacial score (nSPS) is 11.4. The van der Waals surface area contributed by atoms with Gasteiger partial charge in [0.2, 0.25) is 0 Å². The van der Waals surface area contributed by atoms with Gasteiger partial charge in [0, 0.05) is 33.5 Å². The number of anilines is 3. The van der Waals surface area contributed by atoms with E-state index >= 15 is 0 Å². The van der Waals surface area contributed by atoms with Gasteiger partial charge in [-0.2, -0.15) is 0 Å². The highest BCUT2D eigenvalue weighted by atomic mass is 15.1. The van der Waals surface area contributed by atoms with Crippen LogP contribution in [0.1, 0.15) is 0 Å². The molecule has 1 heterocycles. The van der Waals surface area contributed by atoms with E-state index in [1.165, 1.54) is 87.9 Å². The lowest BCUT2D eigenvalue weighted by Crippen LogP contribution is -2.09. The molecule has 0 atom stereocenters. The third-order valence-corrected chi connectivity index (χ3v) is 12.8. The maximum atomic E-state index is 2.41. The Morgan fingerprint density at radius 2 is 0.641 bits per heavy atom. The number of nitrogens with zero attached hydrogens (tertiary/aromatic N) is 2.